The van der Waals surface area contributed by atoms with Crippen molar-refractivity contribution in [1.29, 1.82) is 0 Å². The van der Waals surface area contributed by atoms with Gasteiger partial charge in [0.25, 0.3) is 5.91 Å². The number of rotatable bonds is 4. The van der Waals surface area contributed by atoms with E-state index in [-0.39, 0.29) is 5.91 Å². The van der Waals surface area contributed by atoms with Crippen LogP contribution in [0.15, 0.2) is 60.1 Å². The molecule has 1 aliphatic rings. The molecule has 5 rings (SSSR count). The summed E-state index contributed by atoms with van der Waals surface area (Å²) in [6.45, 7) is 4.39. The van der Waals surface area contributed by atoms with Crippen molar-refractivity contribution in [2.75, 3.05) is 13.1 Å². The molecule has 1 atom stereocenters. The first-order valence-corrected chi connectivity index (χ1v) is 11.3. The summed E-state index contributed by atoms with van der Waals surface area (Å²) in [5.41, 5.74) is 3.45. The first kappa shape index (κ1) is 19.0. The normalized spacial score (nSPS) is 16.8. The molecule has 4 aromatic rings. The second-order valence-corrected chi connectivity index (χ2v) is 8.97. The van der Waals surface area contributed by atoms with Crippen molar-refractivity contribution in [1.82, 2.24) is 19.7 Å². The van der Waals surface area contributed by atoms with Gasteiger partial charge in [-0.1, -0.05) is 43.3 Å². The predicted molar refractivity (Wildman–Crippen MR) is 121 cm³/mol. The quantitative estimate of drug-likeness (QED) is 0.466. The Hall–Kier alpha value is -2.99. The smallest absolute Gasteiger partial charge is 0.275 e. The van der Waals surface area contributed by atoms with Crippen LogP contribution in [-0.2, 0) is 6.54 Å². The highest BCUT2D eigenvalue weighted by Gasteiger charge is 2.28. The van der Waals surface area contributed by atoms with Crippen molar-refractivity contribution in [3.8, 4) is 10.4 Å². The second-order valence-electron chi connectivity index (χ2n) is 8.02. The number of thiophene rings is 1. The molecule has 3 aromatic heterocycles. The van der Waals surface area contributed by atoms with Gasteiger partial charge in [-0.15, -0.1) is 11.3 Å². The van der Waals surface area contributed by atoms with Crippen LogP contribution < -0.4 is 0 Å². The first-order chi connectivity index (χ1) is 14.7. The van der Waals surface area contributed by atoms with Gasteiger partial charge >= 0.3 is 0 Å². The Balaban J connectivity index is 1.65. The van der Waals surface area contributed by atoms with Crippen molar-refractivity contribution < 1.29 is 4.79 Å². The Bertz CT molecular complexity index is 1170. The van der Waals surface area contributed by atoms with Crippen LogP contribution in [0.2, 0.25) is 0 Å². The number of carbonyl (C=O) groups is 1. The summed E-state index contributed by atoms with van der Waals surface area (Å²) in [4.78, 5) is 21.3. The molecule has 1 saturated heterocycles. The highest BCUT2D eigenvalue weighted by molar-refractivity contribution is 7.13. The maximum atomic E-state index is 13.6. The van der Waals surface area contributed by atoms with Gasteiger partial charge in [0.1, 0.15) is 0 Å². The number of piperidine rings is 1. The van der Waals surface area contributed by atoms with Crippen LogP contribution in [0.25, 0.3) is 21.5 Å². The molecule has 0 aliphatic carbocycles. The lowest BCUT2D eigenvalue weighted by atomic mass is 9.99. The van der Waals surface area contributed by atoms with Crippen LogP contribution in [0.4, 0.5) is 0 Å². The van der Waals surface area contributed by atoms with E-state index in [0.29, 0.717) is 18.2 Å². The topological polar surface area (TPSA) is 51.0 Å². The van der Waals surface area contributed by atoms with Gasteiger partial charge in [0, 0.05) is 29.7 Å². The summed E-state index contributed by atoms with van der Waals surface area (Å²) >= 11 is 1.67. The molecule has 0 N–H and O–H groups in total. The molecule has 152 valence electrons. The molecule has 30 heavy (non-hydrogen) atoms. The number of fused-ring (bicyclic) bond motifs is 1. The van der Waals surface area contributed by atoms with Gasteiger partial charge in [-0.25, -0.2) is 9.67 Å². The fraction of sp³-hybridized carbons (Fsp3) is 0.292. The van der Waals surface area contributed by atoms with Crippen LogP contribution in [0.5, 0.6) is 0 Å². The Morgan fingerprint density at radius 1 is 1.17 bits per heavy atom. The monoisotopic (exact) mass is 416 g/mol. The summed E-state index contributed by atoms with van der Waals surface area (Å²) < 4.78 is 1.88. The molecular formula is C24H24N4OS. The van der Waals surface area contributed by atoms with Gasteiger partial charge in [-0.05, 0) is 41.8 Å². The molecule has 0 radical (unpaired) electrons. The van der Waals surface area contributed by atoms with E-state index >= 15 is 0 Å². The zero-order valence-corrected chi connectivity index (χ0v) is 17.8. The average molecular weight is 417 g/mol. The van der Waals surface area contributed by atoms with Crippen LogP contribution in [0.3, 0.4) is 0 Å². The number of amides is 1. The van der Waals surface area contributed by atoms with Crippen LogP contribution in [0.1, 0.15) is 35.8 Å². The van der Waals surface area contributed by atoms with Gasteiger partial charge in [-0.3, -0.25) is 4.79 Å². The fourth-order valence-electron chi connectivity index (χ4n) is 4.28. The molecule has 0 saturated carbocycles. The third-order valence-corrected chi connectivity index (χ3v) is 6.64. The van der Waals surface area contributed by atoms with Crippen LogP contribution >= 0.6 is 11.3 Å². The van der Waals surface area contributed by atoms with E-state index in [1.165, 1.54) is 6.42 Å². The summed E-state index contributed by atoms with van der Waals surface area (Å²) in [6, 6.07) is 16.3. The van der Waals surface area contributed by atoms with Crippen molar-refractivity contribution in [3.05, 3.63) is 71.4 Å². The molecule has 0 unspecified atom stereocenters. The molecule has 4 heterocycles. The van der Waals surface area contributed by atoms with Gasteiger partial charge in [0.2, 0.25) is 0 Å². The fourth-order valence-corrected chi connectivity index (χ4v) is 5.03. The first-order valence-electron chi connectivity index (χ1n) is 10.4. The minimum atomic E-state index is 0.0177. The lowest BCUT2D eigenvalue weighted by Crippen LogP contribution is -2.39. The average Bonchev–Trinajstić information content (AvgIpc) is 3.43. The van der Waals surface area contributed by atoms with Gasteiger partial charge in [0.15, 0.2) is 11.3 Å². The summed E-state index contributed by atoms with van der Waals surface area (Å²) in [7, 11) is 0. The number of hydrogen-bond donors (Lipinski definition) is 0. The van der Waals surface area contributed by atoms with Gasteiger partial charge in [0.05, 0.1) is 11.9 Å². The van der Waals surface area contributed by atoms with Crippen molar-refractivity contribution in [2.45, 2.75) is 26.3 Å². The number of carbonyl (C=O) groups excluding carboxylic acids is 1. The Labute approximate surface area is 180 Å². The number of benzene rings is 1. The Kier molecular flexibility index (Phi) is 5.09. The number of nitrogens with zero attached hydrogens (tertiary/aromatic N) is 4. The lowest BCUT2D eigenvalue weighted by molar-refractivity contribution is 0.0678. The maximum Gasteiger partial charge on any atom is 0.275 e. The standard InChI is InChI=1S/C24H24N4OS/c1-17-7-5-13-27(15-17)24(29)22-21-19(20-10-6-14-30-20)11-12-25-23(21)28(26-22)16-18-8-3-2-4-9-18/h2-4,6,8-12,14,17H,5,7,13,15-16H2,1H3/t17-/m1/s1. The number of pyridine rings is 1. The second kappa shape index (κ2) is 8.03. The van der Waals surface area contributed by atoms with E-state index in [2.05, 4.69) is 35.5 Å². The van der Waals surface area contributed by atoms with E-state index in [1.54, 1.807) is 11.3 Å². The van der Waals surface area contributed by atoms with E-state index in [1.807, 2.05) is 46.1 Å². The molecule has 1 fully saturated rings. The SMILES string of the molecule is C[C@@H]1CCCN(C(=O)c2nn(Cc3ccccc3)c3nccc(-c4cccs4)c23)C1. The zero-order valence-electron chi connectivity index (χ0n) is 17.0. The van der Waals surface area contributed by atoms with E-state index in [9.17, 15) is 4.79 Å². The van der Waals surface area contributed by atoms with Gasteiger partial charge < -0.3 is 4.90 Å². The van der Waals surface area contributed by atoms with Crippen molar-refractivity contribution in [2.24, 2.45) is 5.92 Å². The minimum absolute atomic E-state index is 0.0177. The molecule has 1 aromatic carbocycles. The number of hydrogen-bond acceptors (Lipinski definition) is 4. The molecule has 5 nitrogen and oxygen atoms in total. The zero-order chi connectivity index (χ0) is 20.5. The third kappa shape index (κ3) is 3.52. The molecule has 0 bridgehead atoms. The molecule has 1 amide bonds. The van der Waals surface area contributed by atoms with Crippen LogP contribution in [0, 0.1) is 5.92 Å². The van der Waals surface area contributed by atoms with E-state index in [0.717, 1.165) is 46.5 Å². The van der Waals surface area contributed by atoms with Crippen molar-refractivity contribution in [3.63, 3.8) is 0 Å². The largest absolute Gasteiger partial charge is 0.337 e. The highest BCUT2D eigenvalue weighted by atomic mass is 32.1. The molecule has 0 spiro atoms. The molecule has 1 aliphatic heterocycles. The number of likely N-dealkylation sites (tertiary alicyclic amines) is 1. The number of aromatic nitrogens is 3. The third-order valence-electron chi connectivity index (χ3n) is 5.74. The summed E-state index contributed by atoms with van der Waals surface area (Å²) in [5.74, 6) is 0.541. The van der Waals surface area contributed by atoms with Gasteiger partial charge in [-0.2, -0.15) is 5.10 Å². The lowest BCUT2D eigenvalue weighted by Gasteiger charge is -2.30. The Morgan fingerprint density at radius 2 is 2.03 bits per heavy atom. The maximum absolute atomic E-state index is 13.6. The summed E-state index contributed by atoms with van der Waals surface area (Å²) in [5, 5.41) is 7.74. The van der Waals surface area contributed by atoms with Crippen molar-refractivity contribution >= 4 is 28.3 Å². The summed E-state index contributed by atoms with van der Waals surface area (Å²) in [6.07, 6.45) is 4.04. The Morgan fingerprint density at radius 3 is 2.80 bits per heavy atom. The van der Waals surface area contributed by atoms with E-state index in [4.69, 9.17) is 5.10 Å². The van der Waals surface area contributed by atoms with E-state index < -0.39 is 0 Å². The minimum Gasteiger partial charge on any atom is -0.337 e. The molecular weight excluding hydrogens is 392 g/mol. The highest BCUT2D eigenvalue weighted by Crippen LogP contribution is 2.34. The molecule has 6 heteroatoms. The predicted octanol–water partition coefficient (Wildman–Crippen LogP) is 5.08. The van der Waals surface area contributed by atoms with Crippen LogP contribution in [-0.4, -0.2) is 38.7 Å².